The molecule has 0 amide bonds. The number of guanidine groups is 1. The van der Waals surface area contributed by atoms with Gasteiger partial charge in [0.1, 0.15) is 12.2 Å². The lowest BCUT2D eigenvalue weighted by molar-refractivity contribution is 0.128. The summed E-state index contributed by atoms with van der Waals surface area (Å²) in [4.78, 5) is 8.37. The van der Waals surface area contributed by atoms with E-state index >= 15 is 0 Å². The molecule has 0 aliphatic carbocycles. The predicted octanol–water partition coefficient (Wildman–Crippen LogP) is 2.87. The van der Waals surface area contributed by atoms with E-state index in [0.717, 1.165) is 38.0 Å². The molecule has 1 heterocycles. The number of aromatic nitrogens is 3. The van der Waals surface area contributed by atoms with Gasteiger partial charge in [0.15, 0.2) is 5.96 Å². The highest BCUT2D eigenvalue weighted by Crippen LogP contribution is 2.04. The van der Waals surface area contributed by atoms with E-state index in [-0.39, 0.29) is 24.0 Å². The number of unbranched alkanes of at least 4 members (excludes halogenated alkanes) is 5. The van der Waals surface area contributed by atoms with Crippen molar-refractivity contribution in [2.75, 3.05) is 26.8 Å². The summed E-state index contributed by atoms with van der Waals surface area (Å²) in [7, 11) is 3.64. The molecule has 0 aromatic carbocycles. The van der Waals surface area contributed by atoms with Crippen molar-refractivity contribution in [1.29, 1.82) is 0 Å². The van der Waals surface area contributed by atoms with E-state index in [9.17, 15) is 0 Å². The third kappa shape index (κ3) is 12.1. The van der Waals surface area contributed by atoms with E-state index in [0.29, 0.717) is 6.54 Å². The van der Waals surface area contributed by atoms with Gasteiger partial charge in [-0.2, -0.15) is 5.10 Å². The zero-order chi connectivity index (χ0) is 17.5. The number of rotatable bonds is 13. The van der Waals surface area contributed by atoms with Crippen LogP contribution in [0.25, 0.3) is 0 Å². The van der Waals surface area contributed by atoms with Crippen molar-refractivity contribution in [2.45, 2.75) is 58.4 Å². The molecule has 146 valence electrons. The molecule has 8 heteroatoms. The predicted molar refractivity (Wildman–Crippen MR) is 113 cm³/mol. The molecule has 0 fully saturated rings. The Morgan fingerprint density at radius 3 is 2.52 bits per heavy atom. The standard InChI is InChI=1S/C17H34N6O.HI/c1-4-5-6-7-8-9-12-24-13-10-11-19-17(18-2)20-14-16-21-15-22-23(16)3;/h15H,4-14H2,1-3H3,(H2,18,19,20);1H. The molecule has 0 bridgehead atoms. The fraction of sp³-hybridized carbons (Fsp3) is 0.824. The normalized spacial score (nSPS) is 11.2. The molecule has 1 rings (SSSR count). The molecular weight excluding hydrogens is 431 g/mol. The van der Waals surface area contributed by atoms with Gasteiger partial charge in [0, 0.05) is 33.9 Å². The maximum atomic E-state index is 5.67. The van der Waals surface area contributed by atoms with Gasteiger partial charge in [-0.3, -0.25) is 9.67 Å². The summed E-state index contributed by atoms with van der Waals surface area (Å²) in [6, 6.07) is 0. The van der Waals surface area contributed by atoms with Crippen LogP contribution in [0.1, 0.15) is 57.7 Å². The van der Waals surface area contributed by atoms with Crippen LogP contribution in [0.2, 0.25) is 0 Å². The Morgan fingerprint density at radius 2 is 1.84 bits per heavy atom. The van der Waals surface area contributed by atoms with Gasteiger partial charge < -0.3 is 15.4 Å². The zero-order valence-electron chi connectivity index (χ0n) is 16.0. The van der Waals surface area contributed by atoms with E-state index < -0.39 is 0 Å². The quantitative estimate of drug-likeness (QED) is 0.202. The molecule has 0 unspecified atom stereocenters. The number of aliphatic imine (C=N–C) groups is 1. The number of hydrogen-bond acceptors (Lipinski definition) is 4. The van der Waals surface area contributed by atoms with Crippen LogP contribution >= 0.6 is 24.0 Å². The molecule has 0 aliphatic rings. The molecule has 0 atom stereocenters. The first kappa shape index (κ1) is 24.1. The van der Waals surface area contributed by atoms with Crippen LogP contribution in [-0.4, -0.2) is 47.5 Å². The minimum atomic E-state index is 0. The van der Waals surface area contributed by atoms with E-state index in [1.165, 1.54) is 38.5 Å². The first-order valence-electron chi connectivity index (χ1n) is 9.13. The first-order chi connectivity index (χ1) is 11.8. The van der Waals surface area contributed by atoms with Crippen molar-refractivity contribution in [3.8, 4) is 0 Å². The van der Waals surface area contributed by atoms with Gasteiger partial charge in [-0.25, -0.2) is 4.98 Å². The Bertz CT molecular complexity index is 452. The Kier molecular flexibility index (Phi) is 16.0. The average molecular weight is 466 g/mol. The molecule has 1 aromatic heterocycles. The van der Waals surface area contributed by atoms with E-state index in [4.69, 9.17) is 4.74 Å². The number of halogens is 1. The highest BCUT2D eigenvalue weighted by Gasteiger charge is 2.02. The van der Waals surface area contributed by atoms with Gasteiger partial charge in [0.2, 0.25) is 0 Å². The Labute approximate surface area is 169 Å². The lowest BCUT2D eigenvalue weighted by Crippen LogP contribution is -2.38. The van der Waals surface area contributed by atoms with Gasteiger partial charge >= 0.3 is 0 Å². The van der Waals surface area contributed by atoms with Gasteiger partial charge in [0.25, 0.3) is 0 Å². The first-order valence-corrected chi connectivity index (χ1v) is 9.13. The lowest BCUT2D eigenvalue weighted by atomic mass is 10.1. The maximum Gasteiger partial charge on any atom is 0.191 e. The van der Waals surface area contributed by atoms with Crippen LogP contribution < -0.4 is 10.6 Å². The third-order valence-corrected chi connectivity index (χ3v) is 3.84. The summed E-state index contributed by atoms with van der Waals surface area (Å²) in [5.41, 5.74) is 0. The Balaban J connectivity index is 0.00000576. The third-order valence-electron chi connectivity index (χ3n) is 3.84. The smallest absolute Gasteiger partial charge is 0.191 e. The molecule has 1 aromatic rings. The highest BCUT2D eigenvalue weighted by molar-refractivity contribution is 14.0. The second-order valence-corrected chi connectivity index (χ2v) is 5.89. The number of nitrogens with one attached hydrogen (secondary N) is 2. The highest BCUT2D eigenvalue weighted by atomic mass is 127. The molecule has 7 nitrogen and oxygen atoms in total. The lowest BCUT2D eigenvalue weighted by Gasteiger charge is -2.11. The molecule has 0 aliphatic heterocycles. The molecule has 25 heavy (non-hydrogen) atoms. The second-order valence-electron chi connectivity index (χ2n) is 5.89. The largest absolute Gasteiger partial charge is 0.381 e. The molecule has 2 N–H and O–H groups in total. The zero-order valence-corrected chi connectivity index (χ0v) is 18.3. The van der Waals surface area contributed by atoms with Gasteiger partial charge in [0.05, 0.1) is 6.54 Å². The van der Waals surface area contributed by atoms with E-state index in [1.54, 1.807) is 18.1 Å². The van der Waals surface area contributed by atoms with Gasteiger partial charge in [-0.1, -0.05) is 39.0 Å². The molecule has 0 spiro atoms. The van der Waals surface area contributed by atoms with Gasteiger partial charge in [-0.05, 0) is 12.8 Å². The minimum Gasteiger partial charge on any atom is -0.381 e. The minimum absolute atomic E-state index is 0. The topological polar surface area (TPSA) is 76.4 Å². The van der Waals surface area contributed by atoms with Crippen LogP contribution in [-0.2, 0) is 18.3 Å². The maximum absolute atomic E-state index is 5.67. The van der Waals surface area contributed by atoms with Crippen molar-refractivity contribution in [1.82, 2.24) is 25.4 Å². The number of aryl methyl sites for hydroxylation is 1. The Morgan fingerprint density at radius 1 is 1.12 bits per heavy atom. The van der Waals surface area contributed by atoms with Crippen LogP contribution in [0.15, 0.2) is 11.3 Å². The van der Waals surface area contributed by atoms with E-state index in [1.807, 2.05) is 7.05 Å². The van der Waals surface area contributed by atoms with Gasteiger partial charge in [-0.15, -0.1) is 24.0 Å². The van der Waals surface area contributed by atoms with Crippen LogP contribution in [0.4, 0.5) is 0 Å². The van der Waals surface area contributed by atoms with Crippen molar-refractivity contribution in [2.24, 2.45) is 12.0 Å². The summed E-state index contributed by atoms with van der Waals surface area (Å²) in [6.45, 7) is 5.37. The summed E-state index contributed by atoms with van der Waals surface area (Å²) < 4.78 is 7.41. The summed E-state index contributed by atoms with van der Waals surface area (Å²) in [5, 5.41) is 10.5. The Hall–Kier alpha value is -0.900. The SMILES string of the molecule is CCCCCCCCOCCCNC(=NC)NCc1ncnn1C.I. The van der Waals surface area contributed by atoms with Crippen molar-refractivity contribution < 1.29 is 4.74 Å². The second kappa shape index (κ2) is 16.6. The number of hydrogen-bond donors (Lipinski definition) is 2. The molecular formula is C17H35IN6O. The average Bonchev–Trinajstić information content (AvgIpc) is 3.00. The van der Waals surface area contributed by atoms with E-state index in [2.05, 4.69) is 32.6 Å². The van der Waals surface area contributed by atoms with Crippen LogP contribution in [0.5, 0.6) is 0 Å². The number of ether oxygens (including phenoxy) is 1. The van der Waals surface area contributed by atoms with Crippen molar-refractivity contribution >= 4 is 29.9 Å². The molecule has 0 saturated heterocycles. The van der Waals surface area contributed by atoms with Crippen LogP contribution in [0.3, 0.4) is 0 Å². The van der Waals surface area contributed by atoms with Crippen LogP contribution in [0, 0.1) is 0 Å². The molecule has 0 radical (unpaired) electrons. The summed E-state index contributed by atoms with van der Waals surface area (Å²) >= 11 is 0. The molecule has 0 saturated carbocycles. The summed E-state index contributed by atoms with van der Waals surface area (Å²) in [5.74, 6) is 1.65. The monoisotopic (exact) mass is 466 g/mol. The van der Waals surface area contributed by atoms with Crippen molar-refractivity contribution in [3.05, 3.63) is 12.2 Å². The number of nitrogens with zero attached hydrogens (tertiary/aromatic N) is 4. The summed E-state index contributed by atoms with van der Waals surface area (Å²) in [6.07, 6.45) is 10.4. The van der Waals surface area contributed by atoms with Crippen molar-refractivity contribution in [3.63, 3.8) is 0 Å². The fourth-order valence-electron chi connectivity index (χ4n) is 2.33. The fourth-order valence-corrected chi connectivity index (χ4v) is 2.33.